The Balaban J connectivity index is 2.00. The highest BCUT2D eigenvalue weighted by Gasteiger charge is 2.12. The van der Waals surface area contributed by atoms with Crippen LogP contribution < -0.4 is 10.1 Å². The molecule has 0 bridgehead atoms. The van der Waals surface area contributed by atoms with Gasteiger partial charge in [-0.25, -0.2) is 9.59 Å². The van der Waals surface area contributed by atoms with Crippen LogP contribution in [0, 0.1) is 0 Å². The quantitative estimate of drug-likeness (QED) is 0.797. The third-order valence-electron chi connectivity index (χ3n) is 3.11. The molecule has 2 rings (SSSR count). The molecule has 6 heteroatoms. The van der Waals surface area contributed by atoms with Crippen LogP contribution in [0.4, 0.5) is 4.79 Å². The Morgan fingerprint density at radius 1 is 1.08 bits per heavy atom. The Labute approximate surface area is 139 Å². The van der Waals surface area contributed by atoms with Gasteiger partial charge < -0.3 is 14.6 Å². The number of alkyl carbamates (subject to hydrolysis) is 1. The molecule has 2 aromatic carbocycles. The maximum atomic E-state index is 11.8. The average Bonchev–Trinajstić information content (AvgIpc) is 2.61. The SMILES string of the molecule is COc1ccc(C=C(NC(=O)OCc2ccccc2)C(=O)O)cc1. The fourth-order valence-corrected chi connectivity index (χ4v) is 1.89. The molecule has 0 spiro atoms. The third-order valence-corrected chi connectivity index (χ3v) is 3.11. The maximum Gasteiger partial charge on any atom is 0.412 e. The highest BCUT2D eigenvalue weighted by molar-refractivity contribution is 5.95. The first-order chi connectivity index (χ1) is 11.6. The number of carbonyl (C=O) groups is 2. The number of carbonyl (C=O) groups excluding carboxylic acids is 1. The predicted octanol–water partition coefficient (Wildman–Crippen LogP) is 3.05. The summed E-state index contributed by atoms with van der Waals surface area (Å²) < 4.78 is 10.0. The smallest absolute Gasteiger partial charge is 0.412 e. The molecule has 124 valence electrons. The highest BCUT2D eigenvalue weighted by Crippen LogP contribution is 2.13. The maximum absolute atomic E-state index is 11.8. The molecule has 2 N–H and O–H groups in total. The van der Waals surface area contributed by atoms with Gasteiger partial charge in [0.25, 0.3) is 0 Å². The Kier molecular flexibility index (Phi) is 5.96. The molecule has 0 saturated carbocycles. The second kappa shape index (κ2) is 8.38. The molecule has 0 saturated heterocycles. The van der Waals surface area contributed by atoms with E-state index in [1.54, 1.807) is 36.4 Å². The molecule has 6 nitrogen and oxygen atoms in total. The minimum absolute atomic E-state index is 0.0576. The summed E-state index contributed by atoms with van der Waals surface area (Å²) in [5.74, 6) is -0.610. The van der Waals surface area contributed by atoms with Crippen molar-refractivity contribution in [2.24, 2.45) is 0 Å². The summed E-state index contributed by atoms with van der Waals surface area (Å²) in [6.07, 6.45) is 0.506. The number of carboxylic acid groups (broad SMARTS) is 1. The summed E-state index contributed by atoms with van der Waals surface area (Å²) in [7, 11) is 1.54. The molecule has 0 aliphatic heterocycles. The number of ether oxygens (including phenoxy) is 2. The standard InChI is InChI=1S/C18H17NO5/c1-23-15-9-7-13(8-10-15)11-16(17(20)21)19-18(22)24-12-14-5-3-2-4-6-14/h2-11H,12H2,1H3,(H,19,22)(H,20,21). The molecule has 0 heterocycles. The van der Waals surface area contributed by atoms with Gasteiger partial charge in [-0.05, 0) is 29.3 Å². The van der Waals surface area contributed by atoms with Crippen molar-refractivity contribution < 1.29 is 24.2 Å². The number of rotatable bonds is 6. The van der Waals surface area contributed by atoms with Gasteiger partial charge in [0.15, 0.2) is 0 Å². The molecular formula is C18H17NO5. The second-order valence-corrected chi connectivity index (χ2v) is 4.82. The van der Waals surface area contributed by atoms with Crippen molar-refractivity contribution in [1.82, 2.24) is 5.32 Å². The molecule has 0 unspecified atom stereocenters. The first-order valence-corrected chi connectivity index (χ1v) is 7.15. The van der Waals surface area contributed by atoms with E-state index in [1.807, 2.05) is 18.2 Å². The lowest BCUT2D eigenvalue weighted by molar-refractivity contribution is -0.132. The number of carboxylic acids is 1. The van der Waals surface area contributed by atoms with Crippen LogP contribution in [0.3, 0.4) is 0 Å². The van der Waals surface area contributed by atoms with Gasteiger partial charge in [0.1, 0.15) is 18.1 Å². The number of hydrogen-bond donors (Lipinski definition) is 2. The number of benzene rings is 2. The molecule has 0 radical (unpaired) electrons. The summed E-state index contributed by atoms with van der Waals surface area (Å²) in [5.41, 5.74) is 1.14. The second-order valence-electron chi connectivity index (χ2n) is 4.82. The summed E-state index contributed by atoms with van der Waals surface area (Å²) in [6.45, 7) is 0.0576. The van der Waals surface area contributed by atoms with E-state index >= 15 is 0 Å². The Bertz CT molecular complexity index is 723. The molecular weight excluding hydrogens is 310 g/mol. The fraction of sp³-hybridized carbons (Fsp3) is 0.111. The van der Waals surface area contributed by atoms with E-state index in [2.05, 4.69) is 5.32 Å². The molecule has 0 aliphatic rings. The Morgan fingerprint density at radius 3 is 2.33 bits per heavy atom. The summed E-state index contributed by atoms with van der Waals surface area (Å²) in [4.78, 5) is 23.0. The zero-order valence-corrected chi connectivity index (χ0v) is 13.1. The fourth-order valence-electron chi connectivity index (χ4n) is 1.89. The van der Waals surface area contributed by atoms with Gasteiger partial charge >= 0.3 is 12.1 Å². The molecule has 0 aliphatic carbocycles. The van der Waals surface area contributed by atoms with Crippen molar-refractivity contribution in [3.63, 3.8) is 0 Å². The Morgan fingerprint density at radius 2 is 1.75 bits per heavy atom. The van der Waals surface area contributed by atoms with Crippen LogP contribution in [0.1, 0.15) is 11.1 Å². The molecule has 24 heavy (non-hydrogen) atoms. The average molecular weight is 327 g/mol. The van der Waals surface area contributed by atoms with Crippen LogP contribution in [0.2, 0.25) is 0 Å². The lowest BCUT2D eigenvalue weighted by atomic mass is 10.2. The van der Waals surface area contributed by atoms with E-state index in [9.17, 15) is 14.7 Å². The van der Waals surface area contributed by atoms with Gasteiger partial charge in [0, 0.05) is 0 Å². The summed E-state index contributed by atoms with van der Waals surface area (Å²) in [5, 5.41) is 11.4. The zero-order chi connectivity index (χ0) is 17.4. The van der Waals surface area contributed by atoms with Crippen molar-refractivity contribution in [3.8, 4) is 5.75 Å². The van der Waals surface area contributed by atoms with Gasteiger partial charge in [-0.3, -0.25) is 5.32 Å². The molecule has 0 atom stereocenters. The number of nitrogens with one attached hydrogen (secondary N) is 1. The van der Waals surface area contributed by atoms with E-state index in [0.717, 1.165) is 5.56 Å². The lowest BCUT2D eigenvalue weighted by Gasteiger charge is -2.08. The van der Waals surface area contributed by atoms with Gasteiger partial charge in [-0.15, -0.1) is 0 Å². The van der Waals surface area contributed by atoms with Gasteiger partial charge in [-0.1, -0.05) is 42.5 Å². The first kappa shape index (κ1) is 17.1. The van der Waals surface area contributed by atoms with Gasteiger partial charge in [-0.2, -0.15) is 0 Å². The van der Waals surface area contributed by atoms with Crippen LogP contribution in [-0.4, -0.2) is 24.3 Å². The van der Waals surface area contributed by atoms with Gasteiger partial charge in [0.05, 0.1) is 7.11 Å². The van der Waals surface area contributed by atoms with Gasteiger partial charge in [0.2, 0.25) is 0 Å². The minimum atomic E-state index is -1.26. The van der Waals surface area contributed by atoms with E-state index in [-0.39, 0.29) is 12.3 Å². The van der Waals surface area contributed by atoms with E-state index in [4.69, 9.17) is 9.47 Å². The van der Waals surface area contributed by atoms with Crippen molar-refractivity contribution in [2.75, 3.05) is 7.11 Å². The first-order valence-electron chi connectivity index (χ1n) is 7.15. The summed E-state index contributed by atoms with van der Waals surface area (Å²) in [6, 6.07) is 15.8. The number of methoxy groups -OCH3 is 1. The molecule has 1 amide bonds. The van der Waals surface area contributed by atoms with Crippen molar-refractivity contribution >= 4 is 18.1 Å². The highest BCUT2D eigenvalue weighted by atomic mass is 16.5. The molecule has 2 aromatic rings. The van der Waals surface area contributed by atoms with Crippen LogP contribution in [0.5, 0.6) is 5.75 Å². The molecule has 0 fully saturated rings. The summed E-state index contributed by atoms with van der Waals surface area (Å²) >= 11 is 0. The van der Waals surface area contributed by atoms with Crippen LogP contribution in [-0.2, 0) is 16.1 Å². The number of aliphatic carboxylic acids is 1. The van der Waals surface area contributed by atoms with E-state index < -0.39 is 12.1 Å². The monoisotopic (exact) mass is 327 g/mol. The predicted molar refractivity (Wildman–Crippen MR) is 88.4 cm³/mol. The Hall–Kier alpha value is -3.28. The van der Waals surface area contributed by atoms with Crippen LogP contribution in [0.15, 0.2) is 60.3 Å². The zero-order valence-electron chi connectivity index (χ0n) is 13.1. The van der Waals surface area contributed by atoms with E-state index in [1.165, 1.54) is 13.2 Å². The normalized spacial score (nSPS) is 10.8. The third kappa shape index (κ3) is 5.17. The number of amides is 1. The van der Waals surface area contributed by atoms with Crippen LogP contribution >= 0.6 is 0 Å². The van der Waals surface area contributed by atoms with Crippen LogP contribution in [0.25, 0.3) is 6.08 Å². The lowest BCUT2D eigenvalue weighted by Crippen LogP contribution is -2.27. The van der Waals surface area contributed by atoms with Crippen molar-refractivity contribution in [2.45, 2.75) is 6.61 Å². The largest absolute Gasteiger partial charge is 0.497 e. The topological polar surface area (TPSA) is 84.9 Å². The van der Waals surface area contributed by atoms with Crippen molar-refractivity contribution in [1.29, 1.82) is 0 Å². The number of hydrogen-bond acceptors (Lipinski definition) is 4. The van der Waals surface area contributed by atoms with E-state index in [0.29, 0.717) is 11.3 Å². The van der Waals surface area contributed by atoms with Crippen molar-refractivity contribution in [3.05, 3.63) is 71.4 Å². The molecule has 0 aromatic heterocycles. The minimum Gasteiger partial charge on any atom is -0.497 e.